The van der Waals surface area contributed by atoms with Gasteiger partial charge in [0.05, 0.1) is 16.6 Å². The Kier molecular flexibility index (Phi) is 3.59. The molecule has 7 heteroatoms. The van der Waals surface area contributed by atoms with Gasteiger partial charge in [-0.05, 0) is 29.1 Å². The van der Waals surface area contributed by atoms with E-state index < -0.39 is 6.36 Å². The number of alkyl halides is 3. The van der Waals surface area contributed by atoms with E-state index in [2.05, 4.69) is 15.3 Å². The Hall–Kier alpha value is -2.02. The van der Waals surface area contributed by atoms with Gasteiger partial charge in [0.25, 0.3) is 0 Å². The highest BCUT2D eigenvalue weighted by Gasteiger charge is 2.31. The molecule has 110 valence electrons. The molecular weight excluding hydrogens is 301 g/mol. The second-order valence-corrected chi connectivity index (χ2v) is 5.49. The fraction of sp³-hybridized carbons (Fsp3) is 0.214. The summed E-state index contributed by atoms with van der Waals surface area (Å²) in [4.78, 5) is 1.10. The van der Waals surface area contributed by atoms with Crippen molar-refractivity contribution >= 4 is 17.0 Å². The molecule has 0 amide bonds. The van der Waals surface area contributed by atoms with Crippen LogP contribution in [-0.2, 0) is 0 Å². The minimum Gasteiger partial charge on any atom is -0.406 e. The molecule has 0 aliphatic carbocycles. The summed E-state index contributed by atoms with van der Waals surface area (Å²) in [5.41, 5.74) is 4.85. The van der Waals surface area contributed by atoms with E-state index in [1.807, 2.05) is 17.5 Å². The number of nitrogens with one attached hydrogen (secondary N) is 1. The molecule has 2 aromatic rings. The third kappa shape index (κ3) is 3.36. The average molecular weight is 312 g/mol. The van der Waals surface area contributed by atoms with Gasteiger partial charge in [0.15, 0.2) is 0 Å². The molecule has 3 rings (SSSR count). The largest absolute Gasteiger partial charge is 0.573 e. The van der Waals surface area contributed by atoms with Crippen LogP contribution in [0.15, 0.2) is 46.9 Å². The van der Waals surface area contributed by atoms with Gasteiger partial charge >= 0.3 is 6.36 Å². The van der Waals surface area contributed by atoms with E-state index in [9.17, 15) is 13.2 Å². The van der Waals surface area contributed by atoms with E-state index >= 15 is 0 Å². The second kappa shape index (κ2) is 5.40. The van der Waals surface area contributed by atoms with Crippen LogP contribution in [0.1, 0.15) is 22.9 Å². The lowest BCUT2D eigenvalue weighted by Gasteiger charge is -2.12. The minimum atomic E-state index is -4.66. The first-order valence-electron chi connectivity index (χ1n) is 6.23. The molecular formula is C14H11F3N2OS. The number of nitrogens with zero attached hydrogens (tertiary/aromatic N) is 1. The Morgan fingerprint density at radius 3 is 2.57 bits per heavy atom. The Morgan fingerprint density at radius 2 is 1.95 bits per heavy atom. The summed E-state index contributed by atoms with van der Waals surface area (Å²) >= 11 is 1.61. The molecule has 3 nitrogen and oxygen atoms in total. The Morgan fingerprint density at radius 1 is 1.19 bits per heavy atom. The number of hydrazone groups is 1. The van der Waals surface area contributed by atoms with E-state index in [-0.39, 0.29) is 11.8 Å². The van der Waals surface area contributed by atoms with E-state index in [0.717, 1.165) is 16.2 Å². The van der Waals surface area contributed by atoms with Crippen LogP contribution in [0, 0.1) is 0 Å². The van der Waals surface area contributed by atoms with E-state index in [4.69, 9.17) is 0 Å². The van der Waals surface area contributed by atoms with Crippen LogP contribution < -0.4 is 10.2 Å². The topological polar surface area (TPSA) is 33.6 Å². The Labute approximate surface area is 123 Å². The summed E-state index contributed by atoms with van der Waals surface area (Å²) in [7, 11) is 0. The molecule has 1 atom stereocenters. The quantitative estimate of drug-likeness (QED) is 0.926. The van der Waals surface area contributed by atoms with Crippen molar-refractivity contribution in [3.8, 4) is 5.75 Å². The van der Waals surface area contributed by atoms with Crippen molar-refractivity contribution in [3.63, 3.8) is 0 Å². The van der Waals surface area contributed by atoms with Crippen molar-refractivity contribution in [2.45, 2.75) is 18.8 Å². The maximum absolute atomic E-state index is 12.1. The third-order valence-corrected chi connectivity index (χ3v) is 3.99. The van der Waals surface area contributed by atoms with Gasteiger partial charge < -0.3 is 10.2 Å². The van der Waals surface area contributed by atoms with Crippen LogP contribution in [0.25, 0.3) is 0 Å². The van der Waals surface area contributed by atoms with Crippen LogP contribution in [0.4, 0.5) is 13.2 Å². The van der Waals surface area contributed by atoms with Crippen molar-refractivity contribution in [2.75, 3.05) is 0 Å². The van der Waals surface area contributed by atoms with Gasteiger partial charge in [-0.3, -0.25) is 0 Å². The standard InChI is InChI=1S/C14H11F3N2OS/c15-14(16,17)20-10-5-3-9(4-6-10)11-8-12(19-18-11)13-2-1-7-21-13/h1-7,11,18H,8H2. The Balaban J connectivity index is 1.67. The van der Waals surface area contributed by atoms with Gasteiger partial charge in [-0.25, -0.2) is 0 Å². The summed E-state index contributed by atoms with van der Waals surface area (Å²) in [6.07, 6.45) is -3.96. The molecule has 0 saturated heterocycles. The third-order valence-electron chi connectivity index (χ3n) is 3.07. The summed E-state index contributed by atoms with van der Waals surface area (Å²) in [5, 5.41) is 6.26. The maximum Gasteiger partial charge on any atom is 0.573 e. The first-order chi connectivity index (χ1) is 10.0. The van der Waals surface area contributed by atoms with Gasteiger partial charge in [-0.1, -0.05) is 18.2 Å². The summed E-state index contributed by atoms with van der Waals surface area (Å²) in [6.45, 7) is 0. The molecule has 0 spiro atoms. The summed E-state index contributed by atoms with van der Waals surface area (Å²) in [6, 6.07) is 9.79. The predicted octanol–water partition coefficient (Wildman–Crippen LogP) is 4.09. The molecule has 1 aliphatic rings. The molecule has 1 aliphatic heterocycles. The number of halogens is 3. The normalized spacial score (nSPS) is 18.2. The second-order valence-electron chi connectivity index (χ2n) is 4.54. The van der Waals surface area contributed by atoms with Crippen LogP contribution in [0.2, 0.25) is 0 Å². The average Bonchev–Trinajstić information content (AvgIpc) is 3.09. The highest BCUT2D eigenvalue weighted by Crippen LogP contribution is 2.29. The van der Waals surface area contributed by atoms with Crippen molar-refractivity contribution in [3.05, 3.63) is 52.2 Å². The van der Waals surface area contributed by atoms with Crippen molar-refractivity contribution in [1.82, 2.24) is 5.43 Å². The number of thiophene rings is 1. The minimum absolute atomic E-state index is 0.0259. The molecule has 0 saturated carbocycles. The molecule has 1 N–H and O–H groups in total. The lowest BCUT2D eigenvalue weighted by atomic mass is 10.0. The van der Waals surface area contributed by atoms with Crippen LogP contribution >= 0.6 is 11.3 Å². The van der Waals surface area contributed by atoms with Crippen molar-refractivity contribution in [1.29, 1.82) is 0 Å². The van der Waals surface area contributed by atoms with Crippen LogP contribution in [0.3, 0.4) is 0 Å². The fourth-order valence-corrected chi connectivity index (χ4v) is 2.86. The van der Waals surface area contributed by atoms with Crippen molar-refractivity contribution in [2.24, 2.45) is 5.10 Å². The number of hydrogen-bond donors (Lipinski definition) is 1. The van der Waals surface area contributed by atoms with Gasteiger partial charge in [0.2, 0.25) is 0 Å². The molecule has 1 aromatic carbocycles. The molecule has 2 heterocycles. The molecule has 0 radical (unpaired) electrons. The van der Waals surface area contributed by atoms with Gasteiger partial charge in [-0.15, -0.1) is 24.5 Å². The molecule has 0 fully saturated rings. The van der Waals surface area contributed by atoms with Gasteiger partial charge in [0.1, 0.15) is 5.75 Å². The van der Waals surface area contributed by atoms with E-state index in [1.54, 1.807) is 23.5 Å². The van der Waals surface area contributed by atoms with E-state index in [1.165, 1.54) is 12.1 Å². The lowest BCUT2D eigenvalue weighted by molar-refractivity contribution is -0.274. The highest BCUT2D eigenvalue weighted by molar-refractivity contribution is 7.12. The zero-order valence-electron chi connectivity index (χ0n) is 10.7. The maximum atomic E-state index is 12.1. The number of rotatable bonds is 3. The summed E-state index contributed by atoms with van der Waals surface area (Å²) < 4.78 is 40.2. The molecule has 1 unspecified atom stereocenters. The lowest BCUT2D eigenvalue weighted by Crippen LogP contribution is -2.17. The van der Waals surface area contributed by atoms with Crippen molar-refractivity contribution < 1.29 is 17.9 Å². The number of hydrogen-bond acceptors (Lipinski definition) is 4. The fourth-order valence-electron chi connectivity index (χ4n) is 2.13. The molecule has 21 heavy (non-hydrogen) atoms. The first-order valence-corrected chi connectivity index (χ1v) is 7.11. The van der Waals surface area contributed by atoms with Gasteiger partial charge in [-0.2, -0.15) is 5.10 Å². The zero-order chi connectivity index (χ0) is 14.9. The monoisotopic (exact) mass is 312 g/mol. The van der Waals surface area contributed by atoms with Crippen LogP contribution in [-0.4, -0.2) is 12.1 Å². The predicted molar refractivity (Wildman–Crippen MR) is 74.5 cm³/mol. The van der Waals surface area contributed by atoms with Crippen LogP contribution in [0.5, 0.6) is 5.75 Å². The molecule has 1 aromatic heterocycles. The Bertz CT molecular complexity index is 635. The summed E-state index contributed by atoms with van der Waals surface area (Å²) in [5.74, 6) is -0.219. The smallest absolute Gasteiger partial charge is 0.406 e. The highest BCUT2D eigenvalue weighted by atomic mass is 32.1. The van der Waals surface area contributed by atoms with Gasteiger partial charge in [0, 0.05) is 6.42 Å². The number of benzene rings is 1. The molecule has 0 bridgehead atoms. The van der Waals surface area contributed by atoms with E-state index in [0.29, 0.717) is 6.42 Å². The first kappa shape index (κ1) is 13.9. The number of ether oxygens (including phenoxy) is 1. The zero-order valence-corrected chi connectivity index (χ0v) is 11.5. The SMILES string of the molecule is FC(F)(F)Oc1ccc(C2CC(c3cccs3)=NN2)cc1.